The SMILES string of the molecule is CC(C)NC(=O)C(NC(=O)C12CC3CC(CC(C3)C1)C2)C(C)C. The molecule has 0 radical (unpaired) electrons. The molecule has 0 heterocycles. The van der Waals surface area contributed by atoms with Crippen LogP contribution in [0.3, 0.4) is 0 Å². The summed E-state index contributed by atoms with van der Waals surface area (Å²) < 4.78 is 0. The van der Waals surface area contributed by atoms with E-state index in [1.807, 2.05) is 27.7 Å². The molecule has 0 aromatic heterocycles. The van der Waals surface area contributed by atoms with Crippen molar-refractivity contribution >= 4 is 11.8 Å². The number of rotatable bonds is 5. The average Bonchev–Trinajstić information content (AvgIpc) is 2.41. The third-order valence-corrected chi connectivity index (χ3v) is 6.19. The molecular formula is C19H32N2O2. The Morgan fingerprint density at radius 3 is 1.74 bits per heavy atom. The van der Waals surface area contributed by atoms with Crippen molar-refractivity contribution < 1.29 is 9.59 Å². The second kappa shape index (κ2) is 6.10. The summed E-state index contributed by atoms with van der Waals surface area (Å²) in [6.07, 6.45) is 7.11. The van der Waals surface area contributed by atoms with E-state index in [1.165, 1.54) is 19.3 Å². The Labute approximate surface area is 140 Å². The van der Waals surface area contributed by atoms with E-state index < -0.39 is 6.04 Å². The van der Waals surface area contributed by atoms with E-state index in [0.717, 1.165) is 37.0 Å². The van der Waals surface area contributed by atoms with Gasteiger partial charge < -0.3 is 10.6 Å². The van der Waals surface area contributed by atoms with Crippen molar-refractivity contribution in [2.75, 3.05) is 0 Å². The molecule has 0 spiro atoms. The van der Waals surface area contributed by atoms with Crippen molar-refractivity contribution in [1.29, 1.82) is 0 Å². The molecule has 4 aliphatic carbocycles. The van der Waals surface area contributed by atoms with Gasteiger partial charge in [0, 0.05) is 11.5 Å². The largest absolute Gasteiger partial charge is 0.352 e. The highest BCUT2D eigenvalue weighted by Gasteiger charge is 2.55. The van der Waals surface area contributed by atoms with E-state index in [1.54, 1.807) is 0 Å². The predicted octanol–water partition coefficient (Wildman–Crippen LogP) is 2.87. The van der Waals surface area contributed by atoms with E-state index in [4.69, 9.17) is 0 Å². The van der Waals surface area contributed by atoms with Crippen LogP contribution in [0.15, 0.2) is 0 Å². The molecule has 0 aromatic rings. The number of carbonyl (C=O) groups is 2. The van der Waals surface area contributed by atoms with Gasteiger partial charge in [0.1, 0.15) is 6.04 Å². The minimum absolute atomic E-state index is 0.0481. The van der Waals surface area contributed by atoms with Gasteiger partial charge in [0.15, 0.2) is 0 Å². The van der Waals surface area contributed by atoms with Crippen molar-refractivity contribution in [3.63, 3.8) is 0 Å². The zero-order valence-electron chi connectivity index (χ0n) is 15.0. The normalized spacial score (nSPS) is 36.3. The zero-order chi connectivity index (χ0) is 16.8. The number of hydrogen-bond acceptors (Lipinski definition) is 2. The van der Waals surface area contributed by atoms with Crippen LogP contribution in [0, 0.1) is 29.1 Å². The fourth-order valence-electron chi connectivity index (χ4n) is 5.59. The lowest BCUT2D eigenvalue weighted by molar-refractivity contribution is -0.149. The van der Waals surface area contributed by atoms with E-state index in [-0.39, 0.29) is 29.2 Å². The number of carbonyl (C=O) groups excluding carboxylic acids is 2. The summed E-state index contributed by atoms with van der Waals surface area (Å²) in [6.45, 7) is 7.92. The first-order valence-electron chi connectivity index (χ1n) is 9.40. The third kappa shape index (κ3) is 3.27. The Kier molecular flexibility index (Phi) is 4.45. The first-order chi connectivity index (χ1) is 10.8. The number of hydrogen-bond donors (Lipinski definition) is 2. The third-order valence-electron chi connectivity index (χ3n) is 6.19. The average molecular weight is 320 g/mol. The molecule has 1 atom stereocenters. The van der Waals surface area contributed by atoms with Crippen LogP contribution in [0.25, 0.3) is 0 Å². The number of amides is 2. The Bertz CT molecular complexity index is 448. The van der Waals surface area contributed by atoms with Crippen LogP contribution >= 0.6 is 0 Å². The lowest BCUT2D eigenvalue weighted by atomic mass is 9.49. The summed E-state index contributed by atoms with van der Waals surface area (Å²) in [5, 5.41) is 6.08. The van der Waals surface area contributed by atoms with Gasteiger partial charge in [-0.15, -0.1) is 0 Å². The summed E-state index contributed by atoms with van der Waals surface area (Å²) in [6, 6.07) is -0.321. The molecule has 0 aromatic carbocycles. The van der Waals surface area contributed by atoms with Crippen LogP contribution < -0.4 is 10.6 Å². The predicted molar refractivity (Wildman–Crippen MR) is 90.7 cm³/mol. The van der Waals surface area contributed by atoms with Crippen LogP contribution in [0.5, 0.6) is 0 Å². The highest BCUT2D eigenvalue weighted by atomic mass is 16.2. The van der Waals surface area contributed by atoms with Crippen LogP contribution in [0.4, 0.5) is 0 Å². The van der Waals surface area contributed by atoms with Gasteiger partial charge >= 0.3 is 0 Å². The highest BCUT2D eigenvalue weighted by Crippen LogP contribution is 2.60. The van der Waals surface area contributed by atoms with Gasteiger partial charge in [0.05, 0.1) is 0 Å². The molecule has 4 heteroatoms. The zero-order valence-corrected chi connectivity index (χ0v) is 15.0. The van der Waals surface area contributed by atoms with E-state index in [0.29, 0.717) is 0 Å². The van der Waals surface area contributed by atoms with Gasteiger partial charge in [-0.1, -0.05) is 13.8 Å². The fraction of sp³-hybridized carbons (Fsp3) is 0.895. The van der Waals surface area contributed by atoms with Gasteiger partial charge in [0.25, 0.3) is 0 Å². The summed E-state index contributed by atoms with van der Waals surface area (Å²) >= 11 is 0. The Morgan fingerprint density at radius 2 is 1.35 bits per heavy atom. The van der Waals surface area contributed by atoms with Gasteiger partial charge in [-0.2, -0.15) is 0 Å². The van der Waals surface area contributed by atoms with E-state index >= 15 is 0 Å². The molecule has 0 saturated heterocycles. The first-order valence-corrected chi connectivity index (χ1v) is 9.40. The maximum absolute atomic E-state index is 13.1. The Balaban J connectivity index is 1.71. The van der Waals surface area contributed by atoms with Crippen LogP contribution in [-0.2, 0) is 9.59 Å². The quantitative estimate of drug-likeness (QED) is 0.818. The molecule has 4 saturated carbocycles. The molecule has 2 N–H and O–H groups in total. The van der Waals surface area contributed by atoms with Gasteiger partial charge in [-0.25, -0.2) is 0 Å². The molecule has 4 rings (SSSR count). The second-order valence-corrected chi connectivity index (χ2v) is 9.06. The van der Waals surface area contributed by atoms with Gasteiger partial charge in [0.2, 0.25) is 11.8 Å². The molecule has 4 fully saturated rings. The molecule has 4 bridgehead atoms. The maximum atomic E-state index is 13.1. The highest BCUT2D eigenvalue weighted by molar-refractivity contribution is 5.90. The summed E-state index contributed by atoms with van der Waals surface area (Å²) in [5.74, 6) is 2.44. The standard InChI is InChI=1S/C19H32N2O2/c1-11(2)16(17(22)20-12(3)4)21-18(23)19-8-13-5-14(9-19)7-15(6-13)10-19/h11-16H,5-10H2,1-4H3,(H,20,22)(H,21,23). The Hall–Kier alpha value is -1.06. The molecule has 4 aliphatic rings. The minimum atomic E-state index is -0.419. The van der Waals surface area contributed by atoms with Crippen LogP contribution in [0.1, 0.15) is 66.2 Å². The second-order valence-electron chi connectivity index (χ2n) is 9.06. The Morgan fingerprint density at radius 1 is 0.870 bits per heavy atom. The lowest BCUT2D eigenvalue weighted by Gasteiger charge is -2.55. The topological polar surface area (TPSA) is 58.2 Å². The molecule has 2 amide bonds. The van der Waals surface area contributed by atoms with E-state index in [2.05, 4.69) is 10.6 Å². The minimum Gasteiger partial charge on any atom is -0.352 e. The lowest BCUT2D eigenvalue weighted by Crippen LogP contribution is -2.58. The van der Waals surface area contributed by atoms with Crippen molar-refractivity contribution in [2.24, 2.45) is 29.1 Å². The summed E-state index contributed by atoms with van der Waals surface area (Å²) in [5.41, 5.74) is -0.181. The van der Waals surface area contributed by atoms with Crippen LogP contribution in [-0.4, -0.2) is 23.9 Å². The van der Waals surface area contributed by atoms with Crippen molar-refractivity contribution in [3.8, 4) is 0 Å². The smallest absolute Gasteiger partial charge is 0.243 e. The van der Waals surface area contributed by atoms with Crippen molar-refractivity contribution in [1.82, 2.24) is 10.6 Å². The van der Waals surface area contributed by atoms with Crippen molar-refractivity contribution in [2.45, 2.75) is 78.3 Å². The maximum Gasteiger partial charge on any atom is 0.243 e. The van der Waals surface area contributed by atoms with Gasteiger partial charge in [-0.3, -0.25) is 9.59 Å². The molecular weight excluding hydrogens is 288 g/mol. The molecule has 4 nitrogen and oxygen atoms in total. The first kappa shape index (κ1) is 16.8. The van der Waals surface area contributed by atoms with Crippen molar-refractivity contribution in [3.05, 3.63) is 0 Å². The number of nitrogens with one attached hydrogen (secondary N) is 2. The molecule has 0 aliphatic heterocycles. The van der Waals surface area contributed by atoms with Crippen LogP contribution in [0.2, 0.25) is 0 Å². The summed E-state index contributed by atoms with van der Waals surface area (Å²) in [4.78, 5) is 25.5. The molecule has 130 valence electrons. The monoisotopic (exact) mass is 320 g/mol. The summed E-state index contributed by atoms with van der Waals surface area (Å²) in [7, 11) is 0. The molecule has 23 heavy (non-hydrogen) atoms. The van der Waals surface area contributed by atoms with E-state index in [9.17, 15) is 9.59 Å². The fourth-order valence-corrected chi connectivity index (χ4v) is 5.59. The molecule has 1 unspecified atom stereocenters. The van der Waals surface area contributed by atoms with Gasteiger partial charge in [-0.05, 0) is 76.0 Å².